The number of nitrogens with one attached hydrogen (secondary N) is 2. The largest absolute Gasteiger partial charge is 0.489 e. The van der Waals surface area contributed by atoms with E-state index < -0.39 is 5.97 Å². The zero-order chi connectivity index (χ0) is 17.9. The van der Waals surface area contributed by atoms with Gasteiger partial charge in [-0.05, 0) is 29.7 Å². The standard InChI is InChI=1S/C19H22N2O4/c22-18(23)10-12-21-19(24)20-11-9-15-7-4-8-17(13-15)25-14-16-5-2-1-3-6-16/h1-8,13H,9-12,14H2,(H,22,23)(H2,20,21,24). The molecule has 0 fully saturated rings. The van der Waals surface area contributed by atoms with Crippen molar-refractivity contribution in [1.29, 1.82) is 0 Å². The fourth-order valence-corrected chi connectivity index (χ4v) is 2.20. The van der Waals surface area contributed by atoms with Gasteiger partial charge in [-0.2, -0.15) is 0 Å². The summed E-state index contributed by atoms with van der Waals surface area (Å²) in [5, 5.41) is 13.7. The number of amides is 2. The highest BCUT2D eigenvalue weighted by Gasteiger charge is 2.03. The molecule has 132 valence electrons. The zero-order valence-electron chi connectivity index (χ0n) is 13.9. The first-order valence-corrected chi connectivity index (χ1v) is 8.12. The van der Waals surface area contributed by atoms with Crippen LogP contribution in [0.15, 0.2) is 54.6 Å². The summed E-state index contributed by atoms with van der Waals surface area (Å²) in [6.45, 7) is 1.08. The quantitative estimate of drug-likeness (QED) is 0.654. The van der Waals surface area contributed by atoms with Crippen LogP contribution in [0.25, 0.3) is 0 Å². The Morgan fingerprint density at radius 1 is 0.920 bits per heavy atom. The summed E-state index contributed by atoms with van der Waals surface area (Å²) >= 11 is 0. The topological polar surface area (TPSA) is 87.7 Å². The van der Waals surface area contributed by atoms with Crippen molar-refractivity contribution >= 4 is 12.0 Å². The fraction of sp³-hybridized carbons (Fsp3) is 0.263. The van der Waals surface area contributed by atoms with Gasteiger partial charge < -0.3 is 20.5 Å². The number of aliphatic carboxylic acids is 1. The van der Waals surface area contributed by atoms with Crippen LogP contribution in [0.2, 0.25) is 0 Å². The molecule has 0 radical (unpaired) electrons. The highest BCUT2D eigenvalue weighted by Crippen LogP contribution is 2.15. The molecule has 6 nitrogen and oxygen atoms in total. The van der Waals surface area contributed by atoms with Crippen molar-refractivity contribution in [3.8, 4) is 5.75 Å². The summed E-state index contributed by atoms with van der Waals surface area (Å²) in [5.74, 6) is -0.153. The fourth-order valence-electron chi connectivity index (χ4n) is 2.20. The molecule has 2 amide bonds. The van der Waals surface area contributed by atoms with Crippen molar-refractivity contribution in [3.05, 3.63) is 65.7 Å². The molecule has 0 aliphatic rings. The number of hydrogen-bond donors (Lipinski definition) is 3. The zero-order valence-corrected chi connectivity index (χ0v) is 13.9. The molecular weight excluding hydrogens is 320 g/mol. The maximum atomic E-state index is 11.5. The molecule has 0 aliphatic heterocycles. The van der Waals surface area contributed by atoms with E-state index in [9.17, 15) is 9.59 Å². The van der Waals surface area contributed by atoms with Crippen LogP contribution in [0.4, 0.5) is 4.79 Å². The Bertz CT molecular complexity index is 689. The van der Waals surface area contributed by atoms with E-state index in [1.165, 1.54) is 0 Å². The van der Waals surface area contributed by atoms with Gasteiger partial charge >= 0.3 is 12.0 Å². The molecule has 25 heavy (non-hydrogen) atoms. The summed E-state index contributed by atoms with van der Waals surface area (Å²) in [6, 6.07) is 17.3. The molecule has 2 aromatic rings. The van der Waals surface area contributed by atoms with Gasteiger partial charge in [0.1, 0.15) is 12.4 Å². The molecule has 0 bridgehead atoms. The van der Waals surface area contributed by atoms with Gasteiger partial charge in [0.15, 0.2) is 0 Å². The van der Waals surface area contributed by atoms with E-state index in [0.717, 1.165) is 16.9 Å². The average molecular weight is 342 g/mol. The normalized spacial score (nSPS) is 10.1. The first-order chi connectivity index (χ1) is 12.1. The van der Waals surface area contributed by atoms with Crippen LogP contribution >= 0.6 is 0 Å². The summed E-state index contributed by atoms with van der Waals surface area (Å²) in [7, 11) is 0. The molecule has 6 heteroatoms. The minimum atomic E-state index is -0.937. The minimum absolute atomic E-state index is 0.0891. The predicted molar refractivity (Wildman–Crippen MR) is 94.6 cm³/mol. The van der Waals surface area contributed by atoms with Crippen molar-refractivity contribution < 1.29 is 19.4 Å². The number of benzene rings is 2. The molecule has 0 aliphatic carbocycles. The van der Waals surface area contributed by atoms with Crippen LogP contribution in [-0.4, -0.2) is 30.2 Å². The summed E-state index contributed by atoms with van der Waals surface area (Å²) < 4.78 is 5.78. The summed E-state index contributed by atoms with van der Waals surface area (Å²) in [5.41, 5.74) is 2.16. The van der Waals surface area contributed by atoms with Crippen LogP contribution in [0.3, 0.4) is 0 Å². The number of carbonyl (C=O) groups excluding carboxylic acids is 1. The van der Waals surface area contributed by atoms with Gasteiger partial charge in [0.2, 0.25) is 0 Å². The third kappa shape index (κ3) is 7.39. The Labute approximate surface area is 146 Å². The SMILES string of the molecule is O=C(O)CCNC(=O)NCCc1cccc(OCc2ccccc2)c1. The molecule has 0 aromatic heterocycles. The molecule has 2 rings (SSSR count). The Balaban J connectivity index is 1.72. The Hall–Kier alpha value is -3.02. The maximum Gasteiger partial charge on any atom is 0.314 e. The first kappa shape index (κ1) is 18.3. The van der Waals surface area contributed by atoms with E-state index >= 15 is 0 Å². The molecule has 0 spiro atoms. The first-order valence-electron chi connectivity index (χ1n) is 8.12. The van der Waals surface area contributed by atoms with E-state index in [1.807, 2.05) is 54.6 Å². The van der Waals surface area contributed by atoms with Gasteiger partial charge in [-0.1, -0.05) is 42.5 Å². The lowest BCUT2D eigenvalue weighted by molar-refractivity contribution is -0.136. The van der Waals surface area contributed by atoms with Crippen molar-refractivity contribution in [3.63, 3.8) is 0 Å². The van der Waals surface area contributed by atoms with Gasteiger partial charge in [0.05, 0.1) is 6.42 Å². The number of ether oxygens (including phenoxy) is 1. The second-order valence-electron chi connectivity index (χ2n) is 5.50. The lowest BCUT2D eigenvalue weighted by atomic mass is 10.1. The molecule has 0 heterocycles. The number of carboxylic acids is 1. The summed E-state index contributed by atoms with van der Waals surface area (Å²) in [4.78, 5) is 21.9. The molecule has 0 saturated heterocycles. The molecule has 0 atom stereocenters. The maximum absolute atomic E-state index is 11.5. The van der Waals surface area contributed by atoms with Gasteiger partial charge in [-0.3, -0.25) is 4.79 Å². The smallest absolute Gasteiger partial charge is 0.314 e. The van der Waals surface area contributed by atoms with Crippen molar-refractivity contribution in [2.75, 3.05) is 13.1 Å². The second-order valence-corrected chi connectivity index (χ2v) is 5.50. The van der Waals surface area contributed by atoms with E-state index in [1.54, 1.807) is 0 Å². The highest BCUT2D eigenvalue weighted by molar-refractivity contribution is 5.74. The van der Waals surface area contributed by atoms with Crippen molar-refractivity contribution in [2.45, 2.75) is 19.4 Å². The van der Waals surface area contributed by atoms with Gasteiger partial charge in [0.25, 0.3) is 0 Å². The number of urea groups is 1. The minimum Gasteiger partial charge on any atom is -0.489 e. The Morgan fingerprint density at radius 2 is 1.64 bits per heavy atom. The van der Waals surface area contributed by atoms with Crippen LogP contribution in [0, 0.1) is 0 Å². The lowest BCUT2D eigenvalue weighted by Crippen LogP contribution is -2.37. The van der Waals surface area contributed by atoms with E-state index in [4.69, 9.17) is 9.84 Å². The molecule has 3 N–H and O–H groups in total. The van der Waals surface area contributed by atoms with Crippen LogP contribution in [0.5, 0.6) is 5.75 Å². The second kappa shape index (κ2) is 9.97. The predicted octanol–water partition coefficient (Wildman–Crippen LogP) is 2.58. The monoisotopic (exact) mass is 342 g/mol. The molecule has 0 saturated carbocycles. The number of hydrogen-bond acceptors (Lipinski definition) is 3. The van der Waals surface area contributed by atoms with Gasteiger partial charge in [-0.25, -0.2) is 4.79 Å². The highest BCUT2D eigenvalue weighted by atomic mass is 16.5. The Morgan fingerprint density at radius 3 is 2.40 bits per heavy atom. The van der Waals surface area contributed by atoms with E-state index in [2.05, 4.69) is 10.6 Å². The van der Waals surface area contributed by atoms with Crippen LogP contribution < -0.4 is 15.4 Å². The number of carboxylic acid groups (broad SMARTS) is 1. The van der Waals surface area contributed by atoms with E-state index in [0.29, 0.717) is 19.6 Å². The van der Waals surface area contributed by atoms with Crippen LogP contribution in [-0.2, 0) is 17.8 Å². The van der Waals surface area contributed by atoms with Crippen LogP contribution in [0.1, 0.15) is 17.5 Å². The average Bonchev–Trinajstić information content (AvgIpc) is 2.61. The molecule has 0 unspecified atom stereocenters. The number of rotatable bonds is 9. The lowest BCUT2D eigenvalue weighted by Gasteiger charge is -2.09. The third-order valence-corrected chi connectivity index (χ3v) is 3.47. The molecule has 2 aromatic carbocycles. The third-order valence-electron chi connectivity index (χ3n) is 3.47. The summed E-state index contributed by atoms with van der Waals surface area (Å²) in [6.07, 6.45) is 0.573. The van der Waals surface area contributed by atoms with Gasteiger partial charge in [-0.15, -0.1) is 0 Å². The van der Waals surface area contributed by atoms with E-state index in [-0.39, 0.29) is 19.0 Å². The molecular formula is C19H22N2O4. The van der Waals surface area contributed by atoms with Crippen molar-refractivity contribution in [1.82, 2.24) is 10.6 Å². The van der Waals surface area contributed by atoms with Gasteiger partial charge in [0, 0.05) is 13.1 Å². The number of carbonyl (C=O) groups is 2. The Kier molecular flexibility index (Phi) is 7.31. The van der Waals surface area contributed by atoms with Crippen molar-refractivity contribution in [2.24, 2.45) is 0 Å².